The molecule has 2 aromatic rings. The van der Waals surface area contributed by atoms with E-state index in [1.807, 2.05) is 6.92 Å². The second-order valence-electron chi connectivity index (χ2n) is 12.7. The lowest BCUT2D eigenvalue weighted by atomic mass is 9.80. The number of esters is 2. The Hall–Kier alpha value is -2.66. The van der Waals surface area contributed by atoms with Crippen LogP contribution in [-0.2, 0) is 29.9 Å². The second kappa shape index (κ2) is 12.9. The standard InChI is InChI=1S/C33H47NO4/c1-8-9-20-37-29(35)18-19-30(36)38-27-21-28(34-22-27)31(23-10-14-25(15-11-23)32(2,3)4)24-12-16-26(17-13-24)33(5,6)7/h10-17,27-28,31,34H,8-9,18-22H2,1-7H3/t27-,28-/m1/s1. The number of nitrogens with one attached hydrogen (secondary N) is 1. The van der Waals surface area contributed by atoms with Crippen LogP contribution in [0.2, 0.25) is 0 Å². The number of carbonyl (C=O) groups is 2. The van der Waals surface area contributed by atoms with Crippen LogP contribution in [0.3, 0.4) is 0 Å². The molecule has 5 heteroatoms. The lowest BCUT2D eigenvalue weighted by Crippen LogP contribution is -2.30. The van der Waals surface area contributed by atoms with E-state index in [0.29, 0.717) is 13.2 Å². The maximum Gasteiger partial charge on any atom is 0.306 e. The van der Waals surface area contributed by atoms with Gasteiger partial charge in [-0.1, -0.05) is 103 Å². The fourth-order valence-corrected chi connectivity index (χ4v) is 4.97. The average Bonchev–Trinajstić information content (AvgIpc) is 3.30. The Morgan fingerprint density at radius 3 is 1.82 bits per heavy atom. The van der Waals surface area contributed by atoms with Gasteiger partial charge in [0.1, 0.15) is 6.10 Å². The molecule has 5 nitrogen and oxygen atoms in total. The molecule has 0 unspecified atom stereocenters. The van der Waals surface area contributed by atoms with Gasteiger partial charge in [0, 0.05) is 24.9 Å². The molecule has 0 bridgehead atoms. The van der Waals surface area contributed by atoms with E-state index in [2.05, 4.69) is 95.4 Å². The van der Waals surface area contributed by atoms with E-state index in [0.717, 1.165) is 19.3 Å². The molecule has 38 heavy (non-hydrogen) atoms. The Morgan fingerprint density at radius 2 is 1.34 bits per heavy atom. The van der Waals surface area contributed by atoms with Gasteiger partial charge >= 0.3 is 11.9 Å². The maximum absolute atomic E-state index is 12.5. The normalized spacial score (nSPS) is 18.0. The van der Waals surface area contributed by atoms with Crippen LogP contribution in [0, 0.1) is 0 Å². The summed E-state index contributed by atoms with van der Waals surface area (Å²) < 4.78 is 10.9. The van der Waals surface area contributed by atoms with E-state index in [9.17, 15) is 9.59 Å². The zero-order valence-electron chi connectivity index (χ0n) is 24.4. The van der Waals surface area contributed by atoms with Crippen LogP contribution in [0.25, 0.3) is 0 Å². The molecule has 0 amide bonds. The Kier molecular flexibility index (Phi) is 10.2. The summed E-state index contributed by atoms with van der Waals surface area (Å²) in [5, 5.41) is 3.63. The molecule has 3 rings (SSSR count). The molecule has 0 radical (unpaired) electrons. The van der Waals surface area contributed by atoms with Gasteiger partial charge in [0.25, 0.3) is 0 Å². The van der Waals surface area contributed by atoms with Gasteiger partial charge in [-0.3, -0.25) is 9.59 Å². The van der Waals surface area contributed by atoms with Crippen molar-refractivity contribution < 1.29 is 19.1 Å². The van der Waals surface area contributed by atoms with Crippen molar-refractivity contribution in [2.24, 2.45) is 0 Å². The van der Waals surface area contributed by atoms with Gasteiger partial charge in [-0.25, -0.2) is 0 Å². The molecular formula is C33H47NO4. The molecule has 0 spiro atoms. The number of unbranched alkanes of at least 4 members (excludes halogenated alkanes) is 1. The third-order valence-electron chi connectivity index (χ3n) is 7.39. The number of hydrogen-bond acceptors (Lipinski definition) is 5. The van der Waals surface area contributed by atoms with Gasteiger partial charge in [-0.05, 0) is 39.5 Å². The molecular weight excluding hydrogens is 474 g/mol. The van der Waals surface area contributed by atoms with Crippen molar-refractivity contribution in [3.8, 4) is 0 Å². The fraction of sp³-hybridized carbons (Fsp3) is 0.576. The van der Waals surface area contributed by atoms with Gasteiger partial charge < -0.3 is 14.8 Å². The Morgan fingerprint density at radius 1 is 0.842 bits per heavy atom. The van der Waals surface area contributed by atoms with Gasteiger partial charge in [0.2, 0.25) is 0 Å². The van der Waals surface area contributed by atoms with Crippen LogP contribution in [0.5, 0.6) is 0 Å². The third-order valence-corrected chi connectivity index (χ3v) is 7.39. The highest BCUT2D eigenvalue weighted by molar-refractivity contribution is 5.77. The van der Waals surface area contributed by atoms with E-state index >= 15 is 0 Å². The summed E-state index contributed by atoms with van der Waals surface area (Å²) in [6.45, 7) is 16.4. The van der Waals surface area contributed by atoms with Crippen LogP contribution in [0.4, 0.5) is 0 Å². The first-order chi connectivity index (χ1) is 17.9. The fourth-order valence-electron chi connectivity index (χ4n) is 4.97. The van der Waals surface area contributed by atoms with Crippen LogP contribution < -0.4 is 5.32 Å². The van der Waals surface area contributed by atoms with E-state index < -0.39 is 0 Å². The highest BCUT2D eigenvalue weighted by Crippen LogP contribution is 2.35. The van der Waals surface area contributed by atoms with Crippen molar-refractivity contribution in [3.63, 3.8) is 0 Å². The summed E-state index contributed by atoms with van der Waals surface area (Å²) in [5.41, 5.74) is 5.30. The molecule has 1 aliphatic rings. The SMILES string of the molecule is CCCCOC(=O)CCC(=O)O[C@H]1CN[C@@H](C(c2ccc(C(C)(C)C)cc2)c2ccc(C(C)(C)C)cc2)C1. The van der Waals surface area contributed by atoms with Gasteiger partial charge in [-0.15, -0.1) is 0 Å². The summed E-state index contributed by atoms with van der Waals surface area (Å²) >= 11 is 0. The summed E-state index contributed by atoms with van der Waals surface area (Å²) in [6.07, 6.45) is 2.43. The number of benzene rings is 2. The predicted octanol–water partition coefficient (Wildman–Crippen LogP) is 6.81. The van der Waals surface area contributed by atoms with E-state index in [-0.39, 0.29) is 53.7 Å². The van der Waals surface area contributed by atoms with Crippen molar-refractivity contribution in [1.29, 1.82) is 0 Å². The molecule has 2 atom stereocenters. The number of rotatable bonds is 10. The largest absolute Gasteiger partial charge is 0.466 e. The minimum Gasteiger partial charge on any atom is -0.466 e. The zero-order chi connectivity index (χ0) is 27.9. The summed E-state index contributed by atoms with van der Waals surface area (Å²) in [5.74, 6) is -0.545. The van der Waals surface area contributed by atoms with Gasteiger partial charge in [0.15, 0.2) is 0 Å². The first-order valence-corrected chi connectivity index (χ1v) is 14.2. The molecule has 1 fully saturated rings. The van der Waals surface area contributed by atoms with Crippen molar-refractivity contribution in [2.45, 2.75) is 109 Å². The monoisotopic (exact) mass is 521 g/mol. The number of carbonyl (C=O) groups excluding carboxylic acids is 2. The van der Waals surface area contributed by atoms with Gasteiger partial charge in [0.05, 0.1) is 19.4 Å². The molecule has 1 aliphatic heterocycles. The third kappa shape index (κ3) is 8.42. The first kappa shape index (κ1) is 29.9. The highest BCUT2D eigenvalue weighted by atomic mass is 16.5. The average molecular weight is 522 g/mol. The Balaban J connectivity index is 1.71. The molecule has 0 saturated carbocycles. The van der Waals surface area contributed by atoms with Crippen LogP contribution in [0.1, 0.15) is 109 Å². The number of ether oxygens (including phenoxy) is 2. The maximum atomic E-state index is 12.5. The predicted molar refractivity (Wildman–Crippen MR) is 154 cm³/mol. The molecule has 0 aromatic heterocycles. The van der Waals surface area contributed by atoms with Crippen LogP contribution in [0.15, 0.2) is 48.5 Å². The van der Waals surface area contributed by atoms with Crippen LogP contribution >= 0.6 is 0 Å². The van der Waals surface area contributed by atoms with E-state index in [1.54, 1.807) is 0 Å². The van der Waals surface area contributed by atoms with Crippen molar-refractivity contribution in [1.82, 2.24) is 5.32 Å². The first-order valence-electron chi connectivity index (χ1n) is 14.2. The van der Waals surface area contributed by atoms with Crippen molar-refractivity contribution in [3.05, 3.63) is 70.8 Å². The molecule has 1 saturated heterocycles. The molecule has 2 aromatic carbocycles. The quantitative estimate of drug-likeness (QED) is 0.275. The topological polar surface area (TPSA) is 64.6 Å². The minimum atomic E-state index is -0.342. The van der Waals surface area contributed by atoms with Gasteiger partial charge in [-0.2, -0.15) is 0 Å². The molecule has 1 heterocycles. The van der Waals surface area contributed by atoms with E-state index in [4.69, 9.17) is 9.47 Å². The van der Waals surface area contributed by atoms with Crippen molar-refractivity contribution in [2.75, 3.05) is 13.2 Å². The summed E-state index contributed by atoms with van der Waals surface area (Å²) in [4.78, 5) is 24.3. The molecule has 208 valence electrons. The lowest BCUT2D eigenvalue weighted by Gasteiger charge is -2.27. The summed E-state index contributed by atoms with van der Waals surface area (Å²) in [6, 6.07) is 18.0. The second-order valence-corrected chi connectivity index (χ2v) is 12.7. The van der Waals surface area contributed by atoms with Crippen molar-refractivity contribution >= 4 is 11.9 Å². The Bertz CT molecular complexity index is 987. The zero-order valence-corrected chi connectivity index (χ0v) is 24.4. The van der Waals surface area contributed by atoms with Crippen LogP contribution in [-0.4, -0.2) is 37.2 Å². The number of hydrogen-bond donors (Lipinski definition) is 1. The van der Waals surface area contributed by atoms with E-state index in [1.165, 1.54) is 22.3 Å². The smallest absolute Gasteiger partial charge is 0.306 e. The highest BCUT2D eigenvalue weighted by Gasteiger charge is 2.34. The lowest BCUT2D eigenvalue weighted by molar-refractivity contribution is -0.153. The Labute approximate surface area is 229 Å². The minimum absolute atomic E-state index is 0.0537. The molecule has 0 aliphatic carbocycles. The molecule has 1 N–H and O–H groups in total. The summed E-state index contributed by atoms with van der Waals surface area (Å²) in [7, 11) is 0.